The second kappa shape index (κ2) is 8.63. The first-order valence-corrected chi connectivity index (χ1v) is 8.96. The third-order valence-corrected chi connectivity index (χ3v) is 4.81. The molecule has 5 heteroatoms. The molecule has 2 aromatic rings. The molecule has 1 aliphatic rings. The van der Waals surface area contributed by atoms with Crippen LogP contribution in [0.4, 0.5) is 0 Å². The van der Waals surface area contributed by atoms with E-state index in [1.165, 1.54) is 11.1 Å². The van der Waals surface area contributed by atoms with Crippen molar-refractivity contribution in [2.24, 2.45) is 0 Å². The van der Waals surface area contributed by atoms with Crippen molar-refractivity contribution in [1.82, 2.24) is 9.80 Å². The van der Waals surface area contributed by atoms with Gasteiger partial charge in [-0.15, -0.1) is 0 Å². The number of carbonyl (C=O) groups excluding carboxylic acids is 2. The van der Waals surface area contributed by atoms with Crippen LogP contribution in [0, 0.1) is 0 Å². The van der Waals surface area contributed by atoms with Gasteiger partial charge in [-0.1, -0.05) is 60.7 Å². The molecule has 1 saturated heterocycles. The van der Waals surface area contributed by atoms with E-state index in [0.717, 1.165) is 13.1 Å². The van der Waals surface area contributed by atoms with Gasteiger partial charge in [-0.05, 0) is 17.5 Å². The van der Waals surface area contributed by atoms with Gasteiger partial charge in [0, 0.05) is 38.6 Å². The van der Waals surface area contributed by atoms with Crippen LogP contribution in [0.3, 0.4) is 0 Å². The summed E-state index contributed by atoms with van der Waals surface area (Å²) in [6.07, 6.45) is -0.196. The second-order valence-electron chi connectivity index (χ2n) is 6.51. The number of piperazine rings is 1. The molecule has 0 saturated carbocycles. The van der Waals surface area contributed by atoms with E-state index in [-0.39, 0.29) is 24.8 Å². The molecule has 5 nitrogen and oxygen atoms in total. The van der Waals surface area contributed by atoms with Gasteiger partial charge in [0.15, 0.2) is 0 Å². The summed E-state index contributed by atoms with van der Waals surface area (Å²) in [6, 6.07) is 20.9. The van der Waals surface area contributed by atoms with Crippen molar-refractivity contribution in [2.45, 2.75) is 18.9 Å². The highest BCUT2D eigenvalue weighted by Crippen LogP contribution is 2.29. The number of rotatable bonds is 6. The van der Waals surface area contributed by atoms with Gasteiger partial charge < -0.3 is 14.8 Å². The fourth-order valence-corrected chi connectivity index (χ4v) is 3.48. The molecule has 26 heavy (non-hydrogen) atoms. The van der Waals surface area contributed by atoms with Crippen molar-refractivity contribution in [3.63, 3.8) is 0 Å². The Bertz CT molecular complexity index is 686. The number of aliphatic carboxylic acids is 1. The van der Waals surface area contributed by atoms with Crippen LogP contribution in [0.2, 0.25) is 0 Å². The summed E-state index contributed by atoms with van der Waals surface area (Å²) in [5, 5.41) is 10.6. The first kappa shape index (κ1) is 18.1. The molecule has 0 bridgehead atoms. The van der Waals surface area contributed by atoms with Gasteiger partial charge in [0.25, 0.3) is 0 Å². The molecular formula is C21H23N2O3-. The Morgan fingerprint density at radius 1 is 0.808 bits per heavy atom. The monoisotopic (exact) mass is 351 g/mol. The summed E-state index contributed by atoms with van der Waals surface area (Å²) in [4.78, 5) is 26.8. The smallest absolute Gasteiger partial charge is 0.223 e. The topological polar surface area (TPSA) is 63.7 Å². The highest BCUT2D eigenvalue weighted by molar-refractivity contribution is 5.80. The van der Waals surface area contributed by atoms with Gasteiger partial charge in [-0.2, -0.15) is 0 Å². The number of carbonyl (C=O) groups is 2. The lowest BCUT2D eigenvalue weighted by Crippen LogP contribution is -2.50. The molecule has 0 atom stereocenters. The minimum Gasteiger partial charge on any atom is -0.550 e. The lowest BCUT2D eigenvalue weighted by molar-refractivity contribution is -0.305. The predicted octanol–water partition coefficient (Wildman–Crippen LogP) is 1.45. The maximum absolute atomic E-state index is 12.1. The largest absolute Gasteiger partial charge is 0.550 e. The first-order chi connectivity index (χ1) is 12.6. The highest BCUT2D eigenvalue weighted by Gasteiger charge is 2.27. The van der Waals surface area contributed by atoms with Crippen molar-refractivity contribution in [3.8, 4) is 0 Å². The van der Waals surface area contributed by atoms with Crippen molar-refractivity contribution >= 4 is 11.9 Å². The number of carboxylic acids is 1. The highest BCUT2D eigenvalue weighted by atomic mass is 16.4. The summed E-state index contributed by atoms with van der Waals surface area (Å²) >= 11 is 0. The van der Waals surface area contributed by atoms with Gasteiger partial charge in [0.05, 0.1) is 6.04 Å². The van der Waals surface area contributed by atoms with Crippen molar-refractivity contribution in [1.29, 1.82) is 0 Å². The fourth-order valence-electron chi connectivity index (χ4n) is 3.48. The average molecular weight is 351 g/mol. The zero-order chi connectivity index (χ0) is 18.4. The van der Waals surface area contributed by atoms with E-state index in [9.17, 15) is 14.7 Å². The Morgan fingerprint density at radius 3 is 1.77 bits per heavy atom. The van der Waals surface area contributed by atoms with Gasteiger partial charge in [0.2, 0.25) is 5.91 Å². The molecule has 0 aliphatic carbocycles. The number of benzene rings is 2. The maximum Gasteiger partial charge on any atom is 0.223 e. The third-order valence-electron chi connectivity index (χ3n) is 4.81. The normalized spacial score (nSPS) is 15.2. The molecule has 3 rings (SSSR count). The Morgan fingerprint density at radius 2 is 1.31 bits per heavy atom. The molecule has 136 valence electrons. The van der Waals surface area contributed by atoms with Crippen molar-refractivity contribution in [3.05, 3.63) is 71.8 Å². The lowest BCUT2D eigenvalue weighted by Gasteiger charge is -2.40. The molecule has 2 aromatic carbocycles. The Hall–Kier alpha value is -2.66. The molecular weight excluding hydrogens is 328 g/mol. The number of nitrogens with zero attached hydrogens (tertiary/aromatic N) is 2. The zero-order valence-corrected chi connectivity index (χ0v) is 14.7. The lowest BCUT2D eigenvalue weighted by atomic mass is 9.96. The molecule has 1 amide bonds. The van der Waals surface area contributed by atoms with E-state index >= 15 is 0 Å². The summed E-state index contributed by atoms with van der Waals surface area (Å²) in [5.41, 5.74) is 2.46. The molecule has 0 radical (unpaired) electrons. The van der Waals surface area contributed by atoms with Crippen LogP contribution in [-0.4, -0.2) is 47.9 Å². The van der Waals surface area contributed by atoms with E-state index in [0.29, 0.717) is 13.1 Å². The van der Waals surface area contributed by atoms with Gasteiger partial charge >= 0.3 is 0 Å². The van der Waals surface area contributed by atoms with Gasteiger partial charge in [0.1, 0.15) is 0 Å². The number of hydrogen-bond donors (Lipinski definition) is 0. The second-order valence-corrected chi connectivity index (χ2v) is 6.51. The number of amides is 1. The van der Waals surface area contributed by atoms with Crippen LogP contribution >= 0.6 is 0 Å². The van der Waals surface area contributed by atoms with Crippen molar-refractivity contribution in [2.75, 3.05) is 26.2 Å². The molecule has 0 unspecified atom stereocenters. The molecule has 0 N–H and O–H groups in total. The van der Waals surface area contributed by atoms with Gasteiger partial charge in [-0.25, -0.2) is 0 Å². The molecule has 1 aliphatic heterocycles. The minimum absolute atomic E-state index is 0.0170. The zero-order valence-electron chi connectivity index (χ0n) is 14.7. The van der Waals surface area contributed by atoms with Crippen LogP contribution in [-0.2, 0) is 9.59 Å². The van der Waals surface area contributed by atoms with E-state index in [1.54, 1.807) is 4.90 Å². The van der Waals surface area contributed by atoms with E-state index in [1.807, 2.05) is 36.4 Å². The maximum atomic E-state index is 12.1. The van der Waals surface area contributed by atoms with Crippen LogP contribution in [0.1, 0.15) is 30.0 Å². The standard InChI is InChI=1S/C21H24N2O3/c24-19(11-12-20(25)26)22-13-15-23(16-14-22)21(17-7-3-1-4-8-17)18-9-5-2-6-10-18/h1-10,21H,11-16H2,(H,25,26)/p-1. The Kier molecular flexibility index (Phi) is 6.02. The minimum atomic E-state index is -1.18. The fraction of sp³-hybridized carbons (Fsp3) is 0.333. The number of hydrogen-bond acceptors (Lipinski definition) is 4. The summed E-state index contributed by atoms with van der Waals surface area (Å²) < 4.78 is 0. The molecule has 0 aromatic heterocycles. The van der Waals surface area contributed by atoms with Crippen LogP contribution in [0.15, 0.2) is 60.7 Å². The van der Waals surface area contributed by atoms with Crippen LogP contribution in [0.5, 0.6) is 0 Å². The first-order valence-electron chi connectivity index (χ1n) is 8.96. The van der Waals surface area contributed by atoms with Crippen molar-refractivity contribution < 1.29 is 14.7 Å². The Labute approximate surface area is 153 Å². The summed E-state index contributed by atoms with van der Waals surface area (Å²) in [6.45, 7) is 2.74. The van der Waals surface area contributed by atoms with Gasteiger partial charge in [-0.3, -0.25) is 9.69 Å². The quantitative estimate of drug-likeness (QED) is 0.790. The predicted molar refractivity (Wildman–Crippen MR) is 97.1 cm³/mol. The van der Waals surface area contributed by atoms with E-state index in [2.05, 4.69) is 29.2 Å². The molecule has 1 fully saturated rings. The molecule has 0 spiro atoms. The number of carboxylic acid groups (broad SMARTS) is 1. The molecule has 1 heterocycles. The van der Waals surface area contributed by atoms with Crippen LogP contribution < -0.4 is 5.11 Å². The third kappa shape index (κ3) is 4.49. The average Bonchev–Trinajstić information content (AvgIpc) is 2.68. The Balaban J connectivity index is 1.70. The van der Waals surface area contributed by atoms with E-state index < -0.39 is 5.97 Å². The summed E-state index contributed by atoms with van der Waals surface area (Å²) in [5.74, 6) is -1.28. The van der Waals surface area contributed by atoms with Crippen LogP contribution in [0.25, 0.3) is 0 Å². The SMILES string of the molecule is O=C([O-])CCC(=O)N1CCN(C(c2ccccc2)c2ccccc2)CC1. The van der Waals surface area contributed by atoms with E-state index in [4.69, 9.17) is 0 Å². The summed E-state index contributed by atoms with van der Waals surface area (Å²) in [7, 11) is 0.